The molecule has 0 fully saturated rings. The van der Waals surface area contributed by atoms with Crippen molar-refractivity contribution >= 4 is 11.9 Å². The molecule has 0 aliphatic heterocycles. The molecule has 0 aromatic heterocycles. The van der Waals surface area contributed by atoms with Crippen LogP contribution in [-0.2, 0) is 29.1 Å². The molecule has 6 nitrogen and oxygen atoms in total. The highest BCUT2D eigenvalue weighted by Crippen LogP contribution is 2.30. The van der Waals surface area contributed by atoms with Gasteiger partial charge in [-0.1, -0.05) is 26.2 Å². The zero-order valence-electron chi connectivity index (χ0n) is 15.8. The number of carbonyl (C=O) groups is 2. The lowest BCUT2D eigenvalue weighted by atomic mass is 9.85. The van der Waals surface area contributed by atoms with Crippen molar-refractivity contribution in [3.05, 3.63) is 0 Å². The summed E-state index contributed by atoms with van der Waals surface area (Å²) in [6, 6.07) is 0. The molecule has 0 aromatic rings. The minimum absolute atomic E-state index is 0.305. The maximum atomic E-state index is 12.4. The van der Waals surface area contributed by atoms with Crippen LogP contribution in [0.1, 0.15) is 81.1 Å². The van der Waals surface area contributed by atoms with Crippen molar-refractivity contribution in [1.82, 2.24) is 0 Å². The summed E-state index contributed by atoms with van der Waals surface area (Å²) in [5.74, 6) is -1.54. The number of hydrogen-bond donors (Lipinski definition) is 0. The molecule has 0 aromatic carbocycles. The first kappa shape index (κ1) is 21.9. The lowest BCUT2D eigenvalue weighted by molar-refractivity contribution is -0.339. The summed E-state index contributed by atoms with van der Waals surface area (Å²) in [6.45, 7) is 14.0. The van der Waals surface area contributed by atoms with E-state index in [9.17, 15) is 9.59 Å². The van der Waals surface area contributed by atoms with Crippen LogP contribution in [0.4, 0.5) is 0 Å². The summed E-state index contributed by atoms with van der Waals surface area (Å²) in [5, 5.41) is 0. The van der Waals surface area contributed by atoms with Gasteiger partial charge in [0.2, 0.25) is 0 Å². The molecule has 0 radical (unpaired) electrons. The Hall–Kier alpha value is -1.14. The van der Waals surface area contributed by atoms with Crippen LogP contribution in [0.3, 0.4) is 0 Å². The van der Waals surface area contributed by atoms with Crippen LogP contribution in [-0.4, -0.2) is 23.1 Å². The Balaban J connectivity index is 4.99. The van der Waals surface area contributed by atoms with Crippen LogP contribution in [0.5, 0.6) is 0 Å². The zero-order chi connectivity index (χ0) is 18.3. The molecule has 0 amide bonds. The van der Waals surface area contributed by atoms with Gasteiger partial charge in [-0.25, -0.2) is 9.59 Å². The van der Waals surface area contributed by atoms with Crippen LogP contribution in [0.25, 0.3) is 0 Å². The van der Waals surface area contributed by atoms with E-state index in [0.29, 0.717) is 12.8 Å². The number of rotatable bonds is 8. The molecule has 0 aliphatic carbocycles. The lowest BCUT2D eigenvalue weighted by Crippen LogP contribution is -2.41. The second-order valence-corrected chi connectivity index (χ2v) is 7.92. The molecule has 0 spiro atoms. The Bertz CT molecular complexity index is 359. The Morgan fingerprint density at radius 3 is 1.43 bits per heavy atom. The zero-order valence-corrected chi connectivity index (χ0v) is 15.8. The molecule has 0 saturated heterocycles. The fraction of sp³-hybridized carbons (Fsp3) is 0.882. The van der Waals surface area contributed by atoms with E-state index in [1.54, 1.807) is 41.5 Å². The molecule has 0 rings (SSSR count). The maximum Gasteiger partial charge on any atom is 0.359 e. The maximum absolute atomic E-state index is 12.4. The summed E-state index contributed by atoms with van der Waals surface area (Å²) in [7, 11) is 0. The number of hydrogen-bond acceptors (Lipinski definition) is 6. The largest absolute Gasteiger partial charge is 0.359 e. The molecule has 0 bridgehead atoms. The number of carbonyl (C=O) groups excluding carboxylic acids is 2. The van der Waals surface area contributed by atoms with E-state index < -0.39 is 28.6 Å². The Kier molecular flexibility index (Phi) is 8.21. The molecular formula is C17H32O6. The van der Waals surface area contributed by atoms with Gasteiger partial charge in [-0.3, -0.25) is 9.78 Å². The van der Waals surface area contributed by atoms with Gasteiger partial charge in [0.25, 0.3) is 0 Å². The van der Waals surface area contributed by atoms with E-state index in [4.69, 9.17) is 19.6 Å². The first-order chi connectivity index (χ1) is 10.3. The molecule has 0 atom stereocenters. The van der Waals surface area contributed by atoms with Gasteiger partial charge in [0, 0.05) is 0 Å². The van der Waals surface area contributed by atoms with Gasteiger partial charge >= 0.3 is 11.9 Å². The second kappa shape index (κ2) is 8.64. The van der Waals surface area contributed by atoms with Crippen molar-refractivity contribution < 1.29 is 29.1 Å². The third kappa shape index (κ3) is 8.91. The van der Waals surface area contributed by atoms with E-state index in [2.05, 4.69) is 0 Å². The van der Waals surface area contributed by atoms with Crippen molar-refractivity contribution in [1.29, 1.82) is 0 Å². The van der Waals surface area contributed by atoms with Gasteiger partial charge in [0.05, 0.1) is 0 Å². The summed E-state index contributed by atoms with van der Waals surface area (Å²) in [5.41, 5.74) is -2.79. The van der Waals surface area contributed by atoms with Gasteiger partial charge < -0.3 is 0 Å². The summed E-state index contributed by atoms with van der Waals surface area (Å²) < 4.78 is 0. The normalized spacial score (nSPS) is 12.9. The summed E-state index contributed by atoms with van der Waals surface area (Å²) in [4.78, 5) is 44.5. The van der Waals surface area contributed by atoms with Gasteiger partial charge in [0.1, 0.15) is 11.2 Å². The molecule has 0 heterocycles. The second-order valence-electron chi connectivity index (χ2n) is 7.92. The average molecular weight is 332 g/mol. The van der Waals surface area contributed by atoms with Gasteiger partial charge in [-0.05, 0) is 54.9 Å². The first-order valence-electron chi connectivity index (χ1n) is 8.12. The Morgan fingerprint density at radius 2 is 1.13 bits per heavy atom. The lowest BCUT2D eigenvalue weighted by Gasteiger charge is -2.27. The van der Waals surface area contributed by atoms with Crippen molar-refractivity contribution in [2.45, 2.75) is 92.3 Å². The SMILES string of the molecule is CCCCCC(C)(C(=O)OOC(C)(C)C)C(=O)OOC(C)(C)C. The van der Waals surface area contributed by atoms with Crippen molar-refractivity contribution in [2.24, 2.45) is 5.41 Å². The summed E-state index contributed by atoms with van der Waals surface area (Å²) >= 11 is 0. The van der Waals surface area contributed by atoms with E-state index in [1.807, 2.05) is 6.92 Å². The molecule has 0 N–H and O–H groups in total. The third-order valence-electron chi connectivity index (χ3n) is 2.92. The fourth-order valence-electron chi connectivity index (χ4n) is 1.53. The van der Waals surface area contributed by atoms with Gasteiger partial charge in [-0.2, -0.15) is 9.78 Å². The van der Waals surface area contributed by atoms with Gasteiger partial charge in [-0.15, -0.1) is 0 Å². The minimum atomic E-state index is -1.47. The molecule has 23 heavy (non-hydrogen) atoms. The first-order valence-corrected chi connectivity index (χ1v) is 8.12. The topological polar surface area (TPSA) is 71.1 Å². The third-order valence-corrected chi connectivity index (χ3v) is 2.92. The average Bonchev–Trinajstić information content (AvgIpc) is 2.40. The van der Waals surface area contributed by atoms with Crippen molar-refractivity contribution in [2.75, 3.05) is 0 Å². The highest BCUT2D eigenvalue weighted by atomic mass is 17.2. The van der Waals surface area contributed by atoms with Gasteiger partial charge in [0.15, 0.2) is 5.41 Å². The van der Waals surface area contributed by atoms with Crippen LogP contribution in [0, 0.1) is 5.41 Å². The van der Waals surface area contributed by atoms with E-state index in [0.717, 1.165) is 12.8 Å². The van der Waals surface area contributed by atoms with E-state index in [1.165, 1.54) is 6.92 Å². The van der Waals surface area contributed by atoms with Crippen LogP contribution in [0.2, 0.25) is 0 Å². The van der Waals surface area contributed by atoms with E-state index >= 15 is 0 Å². The standard InChI is InChI=1S/C17H32O6/c1-9-10-11-12-17(8,13(18)20-22-15(2,3)4)14(19)21-23-16(5,6)7/h9-12H2,1-8H3. The fourth-order valence-corrected chi connectivity index (χ4v) is 1.53. The van der Waals surface area contributed by atoms with Crippen molar-refractivity contribution in [3.8, 4) is 0 Å². The number of unbranched alkanes of at least 4 members (excludes halogenated alkanes) is 2. The van der Waals surface area contributed by atoms with Crippen LogP contribution < -0.4 is 0 Å². The molecule has 0 saturated carbocycles. The molecule has 0 aliphatic rings. The highest BCUT2D eigenvalue weighted by Gasteiger charge is 2.46. The molecule has 6 heteroatoms. The van der Waals surface area contributed by atoms with Crippen LogP contribution >= 0.6 is 0 Å². The predicted octanol–water partition coefficient (Wildman–Crippen LogP) is 4.12. The summed E-state index contributed by atoms with van der Waals surface area (Å²) in [6.07, 6.45) is 2.87. The van der Waals surface area contributed by atoms with Crippen LogP contribution in [0.15, 0.2) is 0 Å². The molecule has 136 valence electrons. The smallest absolute Gasteiger partial charge is 0.297 e. The highest BCUT2D eigenvalue weighted by molar-refractivity contribution is 5.99. The predicted molar refractivity (Wildman–Crippen MR) is 86.1 cm³/mol. The quantitative estimate of drug-likeness (QED) is 0.288. The minimum Gasteiger partial charge on any atom is -0.297 e. The van der Waals surface area contributed by atoms with E-state index in [-0.39, 0.29) is 0 Å². The molecular weight excluding hydrogens is 300 g/mol. The Labute approximate surface area is 139 Å². The molecule has 0 unspecified atom stereocenters. The Morgan fingerprint density at radius 1 is 0.739 bits per heavy atom. The van der Waals surface area contributed by atoms with Crippen molar-refractivity contribution in [3.63, 3.8) is 0 Å². The monoisotopic (exact) mass is 332 g/mol.